The minimum absolute atomic E-state index is 0.102. The van der Waals surface area contributed by atoms with Gasteiger partial charge in [0, 0.05) is 30.0 Å². The quantitative estimate of drug-likeness (QED) is 0.597. The van der Waals surface area contributed by atoms with Crippen molar-refractivity contribution in [1.29, 1.82) is 0 Å². The summed E-state index contributed by atoms with van der Waals surface area (Å²) < 4.78 is 5.71. The summed E-state index contributed by atoms with van der Waals surface area (Å²) in [5, 5.41) is 11.5. The fourth-order valence-electron chi connectivity index (χ4n) is 3.54. The Bertz CT molecular complexity index is 974. The molecule has 1 saturated heterocycles. The largest absolute Gasteiger partial charge is 0.411 e. The summed E-state index contributed by atoms with van der Waals surface area (Å²) in [4.78, 5) is 14.6. The van der Waals surface area contributed by atoms with Crippen LogP contribution in [0.2, 0.25) is 0 Å². The first-order chi connectivity index (χ1) is 14.1. The van der Waals surface area contributed by atoms with Gasteiger partial charge in [0.25, 0.3) is 5.22 Å². The molecule has 0 atom stereocenters. The van der Waals surface area contributed by atoms with Crippen LogP contribution in [0.25, 0.3) is 11.5 Å². The molecule has 1 aliphatic rings. The number of aromatic nitrogens is 2. The van der Waals surface area contributed by atoms with Crippen LogP contribution in [0.3, 0.4) is 0 Å². The predicted molar refractivity (Wildman–Crippen MR) is 116 cm³/mol. The van der Waals surface area contributed by atoms with Gasteiger partial charge in [0.15, 0.2) is 0 Å². The van der Waals surface area contributed by atoms with E-state index in [0.717, 1.165) is 35.5 Å². The molecule has 4 rings (SSSR count). The van der Waals surface area contributed by atoms with Crippen LogP contribution in [0.4, 0.5) is 11.4 Å². The molecule has 0 bridgehead atoms. The lowest BCUT2D eigenvalue weighted by molar-refractivity contribution is -0.113. The van der Waals surface area contributed by atoms with E-state index in [4.69, 9.17) is 4.42 Å². The summed E-state index contributed by atoms with van der Waals surface area (Å²) in [5.74, 6) is 0.579. The normalized spacial score (nSPS) is 13.7. The van der Waals surface area contributed by atoms with Crippen LogP contribution >= 0.6 is 11.8 Å². The molecule has 1 N–H and O–H groups in total. The Hall–Kier alpha value is -2.80. The van der Waals surface area contributed by atoms with E-state index in [0.29, 0.717) is 11.1 Å². The molecule has 0 spiro atoms. The predicted octanol–water partition coefficient (Wildman–Crippen LogP) is 4.68. The Morgan fingerprint density at radius 2 is 1.76 bits per heavy atom. The molecule has 0 aliphatic carbocycles. The van der Waals surface area contributed by atoms with Gasteiger partial charge in [-0.1, -0.05) is 29.0 Å². The maximum absolute atomic E-state index is 12.3. The summed E-state index contributed by atoms with van der Waals surface area (Å²) in [7, 11) is 0. The second-order valence-electron chi connectivity index (χ2n) is 7.33. The summed E-state index contributed by atoms with van der Waals surface area (Å²) in [5.41, 5.74) is 5.18. The van der Waals surface area contributed by atoms with Crippen LogP contribution in [0.1, 0.15) is 24.0 Å². The fraction of sp³-hybridized carbons (Fsp3) is 0.318. The molecule has 1 amide bonds. The molecule has 3 aromatic rings. The maximum Gasteiger partial charge on any atom is 0.277 e. The van der Waals surface area contributed by atoms with Gasteiger partial charge in [0.05, 0.1) is 5.75 Å². The molecule has 1 fully saturated rings. The highest BCUT2D eigenvalue weighted by Gasteiger charge is 2.14. The van der Waals surface area contributed by atoms with E-state index in [1.165, 1.54) is 30.3 Å². The molecule has 29 heavy (non-hydrogen) atoms. The molecule has 0 saturated carbocycles. The van der Waals surface area contributed by atoms with Crippen LogP contribution in [-0.2, 0) is 4.79 Å². The fourth-order valence-corrected chi connectivity index (χ4v) is 4.10. The van der Waals surface area contributed by atoms with Crippen molar-refractivity contribution >= 4 is 29.0 Å². The van der Waals surface area contributed by atoms with Crippen molar-refractivity contribution in [3.63, 3.8) is 0 Å². The Balaban J connectivity index is 1.31. The molecule has 0 radical (unpaired) electrons. The number of nitrogens with zero attached hydrogens (tertiary/aromatic N) is 3. The SMILES string of the molecule is Cc1cc(C)cc(-c2nnc(SCC(=O)Nc3ccc(N4CCCC4)cc3)o2)c1. The van der Waals surface area contributed by atoms with Crippen molar-refractivity contribution in [3.05, 3.63) is 53.6 Å². The van der Waals surface area contributed by atoms with E-state index < -0.39 is 0 Å². The lowest BCUT2D eigenvalue weighted by Crippen LogP contribution is -2.18. The maximum atomic E-state index is 12.3. The van der Waals surface area contributed by atoms with Gasteiger partial charge >= 0.3 is 0 Å². The summed E-state index contributed by atoms with van der Waals surface area (Å²) in [6.07, 6.45) is 2.49. The minimum Gasteiger partial charge on any atom is -0.411 e. The van der Waals surface area contributed by atoms with E-state index in [2.05, 4.69) is 38.6 Å². The van der Waals surface area contributed by atoms with Gasteiger partial charge in [-0.3, -0.25) is 4.79 Å². The molecule has 2 heterocycles. The topological polar surface area (TPSA) is 71.3 Å². The molecule has 1 aliphatic heterocycles. The second-order valence-corrected chi connectivity index (χ2v) is 8.25. The number of benzene rings is 2. The zero-order valence-corrected chi connectivity index (χ0v) is 17.5. The lowest BCUT2D eigenvalue weighted by atomic mass is 10.1. The molecule has 6 nitrogen and oxygen atoms in total. The van der Waals surface area contributed by atoms with Crippen molar-refractivity contribution in [2.24, 2.45) is 0 Å². The Morgan fingerprint density at radius 1 is 1.07 bits per heavy atom. The van der Waals surface area contributed by atoms with E-state index in [1.54, 1.807) is 0 Å². The Kier molecular flexibility index (Phi) is 5.85. The van der Waals surface area contributed by atoms with E-state index in [9.17, 15) is 4.79 Å². The van der Waals surface area contributed by atoms with Crippen LogP contribution in [0, 0.1) is 13.8 Å². The first kappa shape index (κ1) is 19.5. The summed E-state index contributed by atoms with van der Waals surface area (Å²) in [6, 6.07) is 14.1. The summed E-state index contributed by atoms with van der Waals surface area (Å²) in [6.45, 7) is 6.28. The van der Waals surface area contributed by atoms with Crippen LogP contribution in [0.15, 0.2) is 52.1 Å². The number of rotatable bonds is 6. The number of carbonyl (C=O) groups is 1. The average Bonchev–Trinajstić information content (AvgIpc) is 3.38. The summed E-state index contributed by atoms with van der Waals surface area (Å²) >= 11 is 1.23. The molecular weight excluding hydrogens is 384 g/mol. The number of amides is 1. The van der Waals surface area contributed by atoms with E-state index >= 15 is 0 Å². The molecule has 7 heteroatoms. The number of carbonyl (C=O) groups excluding carboxylic acids is 1. The van der Waals surface area contributed by atoms with Gasteiger partial charge in [-0.25, -0.2) is 0 Å². The third-order valence-electron chi connectivity index (χ3n) is 4.82. The highest BCUT2D eigenvalue weighted by atomic mass is 32.2. The van der Waals surface area contributed by atoms with Crippen molar-refractivity contribution < 1.29 is 9.21 Å². The van der Waals surface area contributed by atoms with Crippen molar-refractivity contribution in [2.75, 3.05) is 29.1 Å². The second kappa shape index (κ2) is 8.69. The molecule has 2 aromatic carbocycles. The van der Waals surface area contributed by atoms with Crippen molar-refractivity contribution in [2.45, 2.75) is 31.9 Å². The Labute approximate surface area is 174 Å². The van der Waals surface area contributed by atoms with E-state index in [-0.39, 0.29) is 11.7 Å². The molecule has 1 aromatic heterocycles. The smallest absolute Gasteiger partial charge is 0.277 e. The zero-order chi connectivity index (χ0) is 20.2. The van der Waals surface area contributed by atoms with Crippen LogP contribution in [-0.4, -0.2) is 34.9 Å². The van der Waals surface area contributed by atoms with Crippen LogP contribution < -0.4 is 10.2 Å². The Morgan fingerprint density at radius 3 is 2.45 bits per heavy atom. The zero-order valence-electron chi connectivity index (χ0n) is 16.6. The monoisotopic (exact) mass is 408 g/mol. The molecule has 150 valence electrons. The van der Waals surface area contributed by atoms with Crippen LogP contribution in [0.5, 0.6) is 0 Å². The van der Waals surface area contributed by atoms with Gasteiger partial charge in [-0.2, -0.15) is 0 Å². The third kappa shape index (κ3) is 4.98. The highest BCUT2D eigenvalue weighted by Crippen LogP contribution is 2.25. The first-order valence-corrected chi connectivity index (χ1v) is 10.8. The molecular formula is C22H24N4O2S. The number of thioether (sulfide) groups is 1. The van der Waals surface area contributed by atoms with Crippen molar-refractivity contribution in [1.82, 2.24) is 10.2 Å². The van der Waals surface area contributed by atoms with Crippen molar-refractivity contribution in [3.8, 4) is 11.5 Å². The van der Waals surface area contributed by atoms with Gasteiger partial charge in [-0.05, 0) is 63.1 Å². The van der Waals surface area contributed by atoms with Gasteiger partial charge in [0.1, 0.15) is 0 Å². The first-order valence-electron chi connectivity index (χ1n) is 9.77. The van der Waals surface area contributed by atoms with E-state index in [1.807, 2.05) is 38.1 Å². The average molecular weight is 409 g/mol. The standard InChI is InChI=1S/C22H24N4O2S/c1-15-11-16(2)13-17(12-15)21-24-25-22(28-21)29-14-20(27)23-18-5-7-19(8-6-18)26-9-3-4-10-26/h5-8,11-13H,3-4,9-10,14H2,1-2H3,(H,23,27). The molecule has 0 unspecified atom stereocenters. The van der Waals surface area contributed by atoms with Gasteiger partial charge in [-0.15, -0.1) is 10.2 Å². The lowest BCUT2D eigenvalue weighted by Gasteiger charge is -2.17. The minimum atomic E-state index is -0.102. The number of nitrogens with one attached hydrogen (secondary N) is 1. The number of aryl methyl sites for hydroxylation is 2. The van der Waals surface area contributed by atoms with Gasteiger partial charge < -0.3 is 14.6 Å². The van der Waals surface area contributed by atoms with Gasteiger partial charge in [0.2, 0.25) is 11.8 Å². The number of hydrogen-bond donors (Lipinski definition) is 1. The third-order valence-corrected chi connectivity index (χ3v) is 5.64. The highest BCUT2D eigenvalue weighted by molar-refractivity contribution is 7.99. The number of anilines is 2. The number of hydrogen-bond acceptors (Lipinski definition) is 6.